The molecular formula is C12H22N4O. The molecule has 0 spiro atoms. The first-order valence-corrected chi connectivity index (χ1v) is 6.01. The Labute approximate surface area is 102 Å². The summed E-state index contributed by atoms with van der Waals surface area (Å²) in [5.74, 6) is 0.362. The number of hydrogen-bond donors (Lipinski definition) is 2. The summed E-state index contributed by atoms with van der Waals surface area (Å²) in [7, 11) is 1.88. The molecule has 5 heteroatoms. The van der Waals surface area contributed by atoms with Gasteiger partial charge >= 0.3 is 0 Å². The van der Waals surface area contributed by atoms with E-state index in [-0.39, 0.29) is 5.91 Å². The predicted molar refractivity (Wildman–Crippen MR) is 67.4 cm³/mol. The second-order valence-electron chi connectivity index (χ2n) is 4.76. The van der Waals surface area contributed by atoms with Crippen LogP contribution in [0, 0.1) is 5.92 Å². The van der Waals surface area contributed by atoms with Crippen molar-refractivity contribution in [1.82, 2.24) is 15.1 Å². The molecular weight excluding hydrogens is 216 g/mol. The Balaban J connectivity index is 2.24. The molecule has 3 N–H and O–H groups in total. The van der Waals surface area contributed by atoms with Gasteiger partial charge in [0.1, 0.15) is 0 Å². The molecule has 1 unspecified atom stereocenters. The van der Waals surface area contributed by atoms with Crippen molar-refractivity contribution in [3.63, 3.8) is 0 Å². The number of carbonyl (C=O) groups is 1. The minimum atomic E-state index is -0.404. The van der Waals surface area contributed by atoms with Crippen LogP contribution in [-0.2, 0) is 18.3 Å². The van der Waals surface area contributed by atoms with Gasteiger partial charge in [0.2, 0.25) is 5.91 Å². The van der Waals surface area contributed by atoms with E-state index in [1.807, 2.05) is 19.3 Å². The lowest BCUT2D eigenvalue weighted by molar-refractivity contribution is -0.122. The Morgan fingerprint density at radius 2 is 2.29 bits per heavy atom. The van der Waals surface area contributed by atoms with E-state index < -0.39 is 6.04 Å². The summed E-state index contributed by atoms with van der Waals surface area (Å²) in [6, 6.07) is 1.54. The molecule has 0 aliphatic rings. The first-order chi connectivity index (χ1) is 7.99. The van der Waals surface area contributed by atoms with Gasteiger partial charge in [-0.15, -0.1) is 0 Å². The van der Waals surface area contributed by atoms with Crippen molar-refractivity contribution >= 4 is 5.91 Å². The van der Waals surface area contributed by atoms with Gasteiger partial charge in [-0.3, -0.25) is 9.48 Å². The molecule has 1 aromatic rings. The van der Waals surface area contributed by atoms with Crippen molar-refractivity contribution in [2.75, 3.05) is 6.54 Å². The fraction of sp³-hybridized carbons (Fsp3) is 0.667. The lowest BCUT2D eigenvalue weighted by Gasteiger charge is -2.13. The quantitative estimate of drug-likeness (QED) is 0.756. The average Bonchev–Trinajstić information content (AvgIpc) is 2.63. The monoisotopic (exact) mass is 238 g/mol. The number of aromatic nitrogens is 2. The van der Waals surface area contributed by atoms with Crippen LogP contribution in [0.4, 0.5) is 0 Å². The highest BCUT2D eigenvalue weighted by molar-refractivity contribution is 5.81. The summed E-state index contributed by atoms with van der Waals surface area (Å²) < 4.78 is 1.75. The third kappa shape index (κ3) is 4.99. The molecule has 1 aromatic heterocycles. The molecule has 0 aliphatic heterocycles. The zero-order valence-corrected chi connectivity index (χ0v) is 10.8. The standard InChI is InChI=1S/C12H22N4O/c1-9(2)8-11(13)12(17)14-6-4-10-5-7-16(3)15-10/h5,7,9,11H,4,6,8,13H2,1-3H3,(H,14,17). The van der Waals surface area contributed by atoms with Crippen LogP contribution in [0.5, 0.6) is 0 Å². The molecule has 0 aromatic carbocycles. The molecule has 0 saturated heterocycles. The maximum atomic E-state index is 11.6. The first kappa shape index (κ1) is 13.7. The topological polar surface area (TPSA) is 72.9 Å². The van der Waals surface area contributed by atoms with E-state index in [2.05, 4.69) is 24.3 Å². The van der Waals surface area contributed by atoms with Gasteiger partial charge in [0.05, 0.1) is 11.7 Å². The molecule has 0 fully saturated rings. The Morgan fingerprint density at radius 1 is 1.59 bits per heavy atom. The normalized spacial score (nSPS) is 12.8. The van der Waals surface area contributed by atoms with E-state index in [1.165, 1.54) is 0 Å². The molecule has 1 heterocycles. The number of nitrogens with two attached hydrogens (primary N) is 1. The molecule has 1 atom stereocenters. The fourth-order valence-corrected chi connectivity index (χ4v) is 1.66. The van der Waals surface area contributed by atoms with Gasteiger partial charge in [0.15, 0.2) is 0 Å². The lowest BCUT2D eigenvalue weighted by Crippen LogP contribution is -2.42. The summed E-state index contributed by atoms with van der Waals surface area (Å²) in [6.45, 7) is 4.70. The second kappa shape index (κ2) is 6.39. The molecule has 17 heavy (non-hydrogen) atoms. The Bertz CT molecular complexity index is 359. The van der Waals surface area contributed by atoms with Gasteiger partial charge in [-0.2, -0.15) is 5.10 Å². The number of amides is 1. The van der Waals surface area contributed by atoms with Crippen molar-refractivity contribution in [3.8, 4) is 0 Å². The number of nitrogens with zero attached hydrogens (tertiary/aromatic N) is 2. The molecule has 5 nitrogen and oxygen atoms in total. The third-order valence-electron chi connectivity index (χ3n) is 2.51. The number of hydrogen-bond acceptors (Lipinski definition) is 3. The maximum Gasteiger partial charge on any atom is 0.236 e. The van der Waals surface area contributed by atoms with Crippen molar-refractivity contribution < 1.29 is 4.79 Å². The summed E-state index contributed by atoms with van der Waals surface area (Å²) in [4.78, 5) is 11.6. The Kier molecular flexibility index (Phi) is 5.15. The van der Waals surface area contributed by atoms with Crippen LogP contribution in [-0.4, -0.2) is 28.3 Å². The lowest BCUT2D eigenvalue weighted by atomic mass is 10.0. The minimum absolute atomic E-state index is 0.0744. The van der Waals surface area contributed by atoms with Crippen LogP contribution in [0.15, 0.2) is 12.3 Å². The summed E-state index contributed by atoms with van der Waals surface area (Å²) >= 11 is 0. The highest BCUT2D eigenvalue weighted by Crippen LogP contribution is 2.02. The van der Waals surface area contributed by atoms with Crippen molar-refractivity contribution in [2.45, 2.75) is 32.7 Å². The highest BCUT2D eigenvalue weighted by atomic mass is 16.2. The predicted octanol–water partition coefficient (Wildman–Crippen LogP) is 0.452. The van der Waals surface area contributed by atoms with Crippen LogP contribution in [0.25, 0.3) is 0 Å². The van der Waals surface area contributed by atoms with Crippen molar-refractivity contribution in [1.29, 1.82) is 0 Å². The molecule has 0 radical (unpaired) electrons. The zero-order chi connectivity index (χ0) is 12.8. The van der Waals surface area contributed by atoms with E-state index in [0.717, 1.165) is 18.5 Å². The Morgan fingerprint density at radius 3 is 2.82 bits per heavy atom. The summed E-state index contributed by atoms with van der Waals surface area (Å²) in [6.07, 6.45) is 3.35. The zero-order valence-electron chi connectivity index (χ0n) is 10.8. The summed E-state index contributed by atoms with van der Waals surface area (Å²) in [5.41, 5.74) is 6.75. The molecule has 1 rings (SSSR count). The largest absolute Gasteiger partial charge is 0.354 e. The number of rotatable bonds is 6. The molecule has 96 valence electrons. The number of nitrogens with one attached hydrogen (secondary N) is 1. The van der Waals surface area contributed by atoms with Crippen molar-refractivity contribution in [3.05, 3.63) is 18.0 Å². The van der Waals surface area contributed by atoms with Crippen LogP contribution in [0.3, 0.4) is 0 Å². The van der Waals surface area contributed by atoms with E-state index >= 15 is 0 Å². The molecule has 0 bridgehead atoms. The van der Waals surface area contributed by atoms with Crippen LogP contribution in [0.1, 0.15) is 26.0 Å². The minimum Gasteiger partial charge on any atom is -0.354 e. The average molecular weight is 238 g/mol. The molecule has 0 saturated carbocycles. The number of aryl methyl sites for hydroxylation is 1. The van der Waals surface area contributed by atoms with Crippen LogP contribution < -0.4 is 11.1 Å². The maximum absolute atomic E-state index is 11.6. The Hall–Kier alpha value is -1.36. The van der Waals surface area contributed by atoms with Gasteiger partial charge in [0.25, 0.3) is 0 Å². The van der Waals surface area contributed by atoms with Gasteiger partial charge in [0, 0.05) is 26.2 Å². The molecule has 1 amide bonds. The first-order valence-electron chi connectivity index (χ1n) is 6.01. The highest BCUT2D eigenvalue weighted by Gasteiger charge is 2.14. The van der Waals surface area contributed by atoms with Gasteiger partial charge < -0.3 is 11.1 Å². The van der Waals surface area contributed by atoms with Crippen LogP contribution >= 0.6 is 0 Å². The third-order valence-corrected chi connectivity index (χ3v) is 2.51. The van der Waals surface area contributed by atoms with Gasteiger partial charge in [-0.25, -0.2) is 0 Å². The van der Waals surface area contributed by atoms with E-state index in [4.69, 9.17) is 5.73 Å². The van der Waals surface area contributed by atoms with E-state index in [1.54, 1.807) is 4.68 Å². The smallest absolute Gasteiger partial charge is 0.236 e. The molecule has 0 aliphatic carbocycles. The van der Waals surface area contributed by atoms with Crippen LogP contribution in [0.2, 0.25) is 0 Å². The van der Waals surface area contributed by atoms with E-state index in [0.29, 0.717) is 12.5 Å². The number of carbonyl (C=O) groups excluding carboxylic acids is 1. The fourth-order valence-electron chi connectivity index (χ4n) is 1.66. The second-order valence-corrected chi connectivity index (χ2v) is 4.76. The van der Waals surface area contributed by atoms with Gasteiger partial charge in [-0.1, -0.05) is 13.8 Å². The van der Waals surface area contributed by atoms with Gasteiger partial charge in [-0.05, 0) is 18.4 Å². The SMILES string of the molecule is CC(C)CC(N)C(=O)NCCc1ccn(C)n1. The van der Waals surface area contributed by atoms with E-state index in [9.17, 15) is 4.79 Å². The van der Waals surface area contributed by atoms with Crippen molar-refractivity contribution in [2.24, 2.45) is 18.7 Å². The summed E-state index contributed by atoms with van der Waals surface area (Å²) in [5, 5.41) is 7.07.